The highest BCUT2D eigenvalue weighted by Gasteiger charge is 2.42. The number of aliphatic hydroxyl groups is 1. The van der Waals surface area contributed by atoms with E-state index in [-0.39, 0.29) is 5.91 Å². The number of carbonyl (C=O) groups excluding carboxylic acids is 1. The van der Waals surface area contributed by atoms with Crippen molar-refractivity contribution in [1.29, 1.82) is 0 Å². The largest absolute Gasteiger partial charge is 0.389 e. The van der Waals surface area contributed by atoms with E-state index in [1.54, 1.807) is 0 Å². The Morgan fingerprint density at radius 3 is 2.38 bits per heavy atom. The molecule has 166 valence electrons. The summed E-state index contributed by atoms with van der Waals surface area (Å²) in [6.45, 7) is 3.85. The summed E-state index contributed by atoms with van der Waals surface area (Å²) in [7, 11) is 0. The number of amides is 1. The van der Waals surface area contributed by atoms with Crippen LogP contribution in [0.1, 0.15) is 48.5 Å². The highest BCUT2D eigenvalue weighted by Crippen LogP contribution is 2.36. The van der Waals surface area contributed by atoms with Crippen molar-refractivity contribution in [1.82, 2.24) is 19.6 Å². The lowest BCUT2D eigenvalue weighted by Crippen LogP contribution is -2.50. The molecule has 1 aliphatic heterocycles. The summed E-state index contributed by atoms with van der Waals surface area (Å²) in [6, 6.07) is 15.0. The van der Waals surface area contributed by atoms with Crippen molar-refractivity contribution in [2.75, 3.05) is 32.7 Å². The van der Waals surface area contributed by atoms with Gasteiger partial charge in [0.2, 0.25) is 0 Å². The van der Waals surface area contributed by atoms with Gasteiger partial charge in [0.25, 0.3) is 5.91 Å². The highest BCUT2D eigenvalue weighted by molar-refractivity contribution is 5.95. The van der Waals surface area contributed by atoms with Crippen molar-refractivity contribution in [2.24, 2.45) is 0 Å². The minimum absolute atomic E-state index is 0.0971. The van der Waals surface area contributed by atoms with E-state index >= 15 is 0 Å². The Hall–Kier alpha value is -2.70. The number of hydrogen-bond donors (Lipinski definition) is 1. The third-order valence-electron chi connectivity index (χ3n) is 7.49. The zero-order valence-electron chi connectivity index (χ0n) is 18.4. The van der Waals surface area contributed by atoms with E-state index in [2.05, 4.69) is 45.0 Å². The Balaban J connectivity index is 1.14. The zero-order valence-corrected chi connectivity index (χ0v) is 18.4. The molecule has 0 radical (unpaired) electrons. The number of hydrogen-bond acceptors (Lipinski definition) is 4. The van der Waals surface area contributed by atoms with Crippen molar-refractivity contribution in [3.8, 4) is 11.1 Å². The lowest BCUT2D eigenvalue weighted by molar-refractivity contribution is 0.0473. The summed E-state index contributed by atoms with van der Waals surface area (Å²) < 4.78 is 2.18. The van der Waals surface area contributed by atoms with Crippen LogP contribution >= 0.6 is 0 Å². The average molecular weight is 431 g/mol. The van der Waals surface area contributed by atoms with E-state index in [4.69, 9.17) is 0 Å². The summed E-state index contributed by atoms with van der Waals surface area (Å²) >= 11 is 0. The predicted molar refractivity (Wildman–Crippen MR) is 125 cm³/mol. The second-order valence-electron chi connectivity index (χ2n) is 9.82. The molecular formula is C26H30N4O2. The fraction of sp³-hybridized carbons (Fsp3) is 0.462. The Kier molecular flexibility index (Phi) is 4.81. The van der Waals surface area contributed by atoms with Crippen LogP contribution in [0.2, 0.25) is 0 Å². The van der Waals surface area contributed by atoms with Crippen LogP contribution in [0.5, 0.6) is 0 Å². The minimum Gasteiger partial charge on any atom is -0.389 e. The number of fused-ring (bicyclic) bond motifs is 1. The molecule has 0 unspecified atom stereocenters. The Morgan fingerprint density at radius 1 is 1.00 bits per heavy atom. The van der Waals surface area contributed by atoms with Crippen LogP contribution in [0.4, 0.5) is 0 Å². The van der Waals surface area contributed by atoms with E-state index in [0.717, 1.165) is 62.3 Å². The molecule has 0 atom stereocenters. The van der Waals surface area contributed by atoms with Crippen LogP contribution in [-0.2, 0) is 0 Å². The molecular weight excluding hydrogens is 400 g/mol. The van der Waals surface area contributed by atoms with E-state index in [0.29, 0.717) is 6.04 Å². The topological polar surface area (TPSA) is 61.6 Å². The summed E-state index contributed by atoms with van der Waals surface area (Å²) in [4.78, 5) is 17.2. The summed E-state index contributed by atoms with van der Waals surface area (Å²) in [5.74, 6) is 0.0971. The smallest absolute Gasteiger partial charge is 0.253 e. The summed E-state index contributed by atoms with van der Waals surface area (Å²) in [5, 5.41) is 15.9. The van der Waals surface area contributed by atoms with E-state index in [9.17, 15) is 9.90 Å². The molecule has 3 aromatic rings. The van der Waals surface area contributed by atoms with Gasteiger partial charge < -0.3 is 10.0 Å². The Bertz CT molecular complexity index is 1140. The van der Waals surface area contributed by atoms with Crippen molar-refractivity contribution < 1.29 is 9.90 Å². The normalized spacial score (nSPS) is 21.0. The third-order valence-corrected chi connectivity index (χ3v) is 7.49. The number of aromatic nitrogens is 2. The molecule has 2 aliphatic carbocycles. The van der Waals surface area contributed by atoms with Crippen LogP contribution < -0.4 is 0 Å². The highest BCUT2D eigenvalue weighted by atomic mass is 16.3. The average Bonchev–Trinajstić information content (AvgIpc) is 3.37. The number of piperazine rings is 1. The number of β-amino-alcohol motifs (C(OH)–C–C–N with tert-alkyl or cyclic N) is 1. The maximum atomic E-state index is 13.0. The third kappa shape index (κ3) is 3.71. The second-order valence-corrected chi connectivity index (χ2v) is 9.82. The first-order valence-electron chi connectivity index (χ1n) is 11.9. The van der Waals surface area contributed by atoms with Crippen LogP contribution in [0, 0.1) is 0 Å². The maximum Gasteiger partial charge on any atom is 0.253 e. The monoisotopic (exact) mass is 430 g/mol. The lowest BCUT2D eigenvalue weighted by Gasteiger charge is -2.35. The van der Waals surface area contributed by atoms with Gasteiger partial charge in [0, 0.05) is 43.7 Å². The van der Waals surface area contributed by atoms with Crippen LogP contribution in [-0.4, -0.2) is 68.9 Å². The molecule has 32 heavy (non-hydrogen) atoms. The fourth-order valence-corrected chi connectivity index (χ4v) is 4.96. The van der Waals surface area contributed by atoms with E-state index < -0.39 is 5.60 Å². The standard InChI is InChI=1S/C26H30N4O2/c31-25(29-14-12-28(13-15-29)18-26(32)10-11-26)20-6-4-19(5-7-20)21-8-9-22-17-27-30(24(22)16-21)23-2-1-3-23/h4-9,16-17,23,32H,1-3,10-15,18H2. The van der Waals surface area contributed by atoms with Gasteiger partial charge in [-0.05, 0) is 61.4 Å². The molecule has 1 saturated heterocycles. The van der Waals surface area contributed by atoms with Crippen LogP contribution in [0.3, 0.4) is 0 Å². The summed E-state index contributed by atoms with van der Waals surface area (Å²) in [5.41, 5.74) is 3.75. The molecule has 2 aromatic carbocycles. The maximum absolute atomic E-state index is 13.0. The SMILES string of the molecule is O=C(c1ccc(-c2ccc3cnn(C4CCC4)c3c2)cc1)N1CCN(CC2(O)CC2)CC1. The fourth-order valence-electron chi connectivity index (χ4n) is 4.96. The molecule has 0 bridgehead atoms. The van der Waals surface area contributed by atoms with Crippen molar-refractivity contribution in [3.05, 3.63) is 54.2 Å². The number of benzene rings is 2. The molecule has 1 aromatic heterocycles. The van der Waals surface area contributed by atoms with E-state index in [1.165, 1.54) is 30.2 Å². The van der Waals surface area contributed by atoms with Crippen molar-refractivity contribution in [3.63, 3.8) is 0 Å². The Labute approximate surface area is 188 Å². The van der Waals surface area contributed by atoms with Gasteiger partial charge in [-0.1, -0.05) is 24.3 Å². The quantitative estimate of drug-likeness (QED) is 0.670. The minimum atomic E-state index is -0.458. The van der Waals surface area contributed by atoms with Gasteiger partial charge in [-0.2, -0.15) is 5.10 Å². The second kappa shape index (κ2) is 7.71. The Morgan fingerprint density at radius 2 is 1.72 bits per heavy atom. The van der Waals surface area contributed by atoms with Gasteiger partial charge in [0.05, 0.1) is 23.4 Å². The molecule has 6 nitrogen and oxygen atoms in total. The molecule has 1 amide bonds. The predicted octanol–water partition coefficient (Wildman–Crippen LogP) is 3.71. The van der Waals surface area contributed by atoms with Crippen LogP contribution in [0.25, 0.3) is 22.0 Å². The van der Waals surface area contributed by atoms with Crippen molar-refractivity contribution >= 4 is 16.8 Å². The van der Waals surface area contributed by atoms with E-state index in [1.807, 2.05) is 23.2 Å². The first-order valence-corrected chi connectivity index (χ1v) is 11.9. The van der Waals surface area contributed by atoms with Gasteiger partial charge in [-0.3, -0.25) is 14.4 Å². The van der Waals surface area contributed by atoms with Gasteiger partial charge in [-0.15, -0.1) is 0 Å². The van der Waals surface area contributed by atoms with Gasteiger partial charge in [0.1, 0.15) is 0 Å². The van der Waals surface area contributed by atoms with Gasteiger partial charge in [-0.25, -0.2) is 0 Å². The molecule has 3 aliphatic rings. The molecule has 1 N–H and O–H groups in total. The van der Waals surface area contributed by atoms with Gasteiger partial charge in [0.15, 0.2) is 0 Å². The summed E-state index contributed by atoms with van der Waals surface area (Å²) in [6.07, 6.45) is 7.50. The van der Waals surface area contributed by atoms with Crippen LogP contribution in [0.15, 0.2) is 48.7 Å². The lowest BCUT2D eigenvalue weighted by atomic mass is 9.93. The first kappa shape index (κ1) is 19.9. The molecule has 2 saturated carbocycles. The zero-order chi connectivity index (χ0) is 21.7. The number of rotatable bonds is 5. The number of carbonyl (C=O) groups is 1. The molecule has 6 heteroatoms. The molecule has 3 fully saturated rings. The number of nitrogens with zero attached hydrogens (tertiary/aromatic N) is 4. The molecule has 6 rings (SSSR count). The first-order chi connectivity index (χ1) is 15.6. The molecule has 2 heterocycles. The van der Waals surface area contributed by atoms with Gasteiger partial charge >= 0.3 is 0 Å². The molecule has 0 spiro atoms. The van der Waals surface area contributed by atoms with Crippen molar-refractivity contribution in [2.45, 2.75) is 43.7 Å².